The monoisotopic (exact) mass is 508 g/mol. The SMILES string of the molecule is NCCCCn1c(C(=O)NC(c2ccccc2)c2ccccc2)csc1=Nc1cccc2ccccc12.[HH]. The Morgan fingerprint density at radius 2 is 1.51 bits per heavy atom. The number of thiazole rings is 1. The van der Waals surface area contributed by atoms with E-state index in [-0.39, 0.29) is 13.4 Å². The Balaban J connectivity index is 0.00000336. The first-order valence-corrected chi connectivity index (χ1v) is 13.4. The zero-order valence-corrected chi connectivity index (χ0v) is 21.4. The van der Waals surface area contributed by atoms with Crippen LogP contribution in [0.2, 0.25) is 0 Å². The van der Waals surface area contributed by atoms with Crippen molar-refractivity contribution in [3.05, 3.63) is 130 Å². The standard InChI is InChI=1S/C31H30N4OS.H2/c32-20-9-10-21-35-28(22-37-31(35)33-27-19-11-17-23-12-7-8-18-26(23)27)30(36)34-29(24-13-3-1-4-14-24)25-15-5-2-6-16-25;/h1-8,11-19,22,29H,9-10,20-21,32H2,(H,34,36);1H. The second kappa shape index (κ2) is 11.8. The molecule has 6 heteroatoms. The molecule has 1 aromatic heterocycles. The fraction of sp³-hybridized carbons (Fsp3) is 0.161. The normalized spacial score (nSPS) is 11.8. The zero-order valence-electron chi connectivity index (χ0n) is 20.6. The summed E-state index contributed by atoms with van der Waals surface area (Å²) in [6.45, 7) is 1.29. The average Bonchev–Trinajstić information content (AvgIpc) is 3.35. The molecule has 0 saturated carbocycles. The minimum atomic E-state index is -0.259. The molecule has 0 unspecified atom stereocenters. The van der Waals surface area contributed by atoms with Crippen molar-refractivity contribution in [1.29, 1.82) is 0 Å². The van der Waals surface area contributed by atoms with E-state index >= 15 is 0 Å². The number of hydrogen-bond acceptors (Lipinski definition) is 4. The molecule has 0 fully saturated rings. The highest BCUT2D eigenvalue weighted by Gasteiger charge is 2.21. The summed E-state index contributed by atoms with van der Waals surface area (Å²) in [6.07, 6.45) is 1.76. The summed E-state index contributed by atoms with van der Waals surface area (Å²) in [6, 6.07) is 34.2. The first-order valence-electron chi connectivity index (χ1n) is 12.6. The van der Waals surface area contributed by atoms with Crippen LogP contribution in [0.15, 0.2) is 114 Å². The largest absolute Gasteiger partial charge is 0.340 e. The van der Waals surface area contributed by atoms with Crippen LogP contribution < -0.4 is 15.9 Å². The number of carbonyl (C=O) groups is 1. The van der Waals surface area contributed by atoms with Gasteiger partial charge in [0.2, 0.25) is 0 Å². The lowest BCUT2D eigenvalue weighted by atomic mass is 9.98. The van der Waals surface area contributed by atoms with Crippen LogP contribution in [0.3, 0.4) is 0 Å². The molecular weight excluding hydrogens is 476 g/mol. The number of hydrogen-bond donors (Lipinski definition) is 2. The molecule has 0 spiro atoms. The van der Waals surface area contributed by atoms with Gasteiger partial charge in [0.25, 0.3) is 5.91 Å². The van der Waals surface area contributed by atoms with Crippen molar-refractivity contribution in [2.75, 3.05) is 6.54 Å². The van der Waals surface area contributed by atoms with Crippen LogP contribution in [0, 0.1) is 0 Å². The van der Waals surface area contributed by atoms with Gasteiger partial charge in [-0.05, 0) is 42.0 Å². The number of unbranched alkanes of at least 4 members (excludes halogenated alkanes) is 1. The highest BCUT2D eigenvalue weighted by molar-refractivity contribution is 7.07. The molecule has 0 radical (unpaired) electrons. The Morgan fingerprint density at radius 3 is 2.22 bits per heavy atom. The first-order chi connectivity index (χ1) is 18.2. The van der Waals surface area contributed by atoms with Gasteiger partial charge in [0, 0.05) is 18.7 Å². The van der Waals surface area contributed by atoms with Crippen LogP contribution in [-0.2, 0) is 6.54 Å². The van der Waals surface area contributed by atoms with E-state index in [1.165, 1.54) is 11.3 Å². The fourth-order valence-corrected chi connectivity index (χ4v) is 5.42. The molecule has 5 aromatic rings. The van der Waals surface area contributed by atoms with Gasteiger partial charge < -0.3 is 15.6 Å². The third kappa shape index (κ3) is 5.71. The van der Waals surface area contributed by atoms with Crippen LogP contribution in [0.1, 0.15) is 41.9 Å². The van der Waals surface area contributed by atoms with E-state index in [0.29, 0.717) is 18.8 Å². The van der Waals surface area contributed by atoms with Crippen molar-refractivity contribution in [3.63, 3.8) is 0 Å². The predicted octanol–water partition coefficient (Wildman–Crippen LogP) is 6.44. The summed E-state index contributed by atoms with van der Waals surface area (Å²) in [5, 5.41) is 7.42. The molecule has 4 aromatic carbocycles. The minimum Gasteiger partial charge on any atom is -0.340 e. The van der Waals surface area contributed by atoms with Gasteiger partial charge in [-0.25, -0.2) is 4.99 Å². The smallest absolute Gasteiger partial charge is 0.269 e. The van der Waals surface area contributed by atoms with Crippen LogP contribution in [0.5, 0.6) is 0 Å². The number of rotatable bonds is 9. The Labute approximate surface area is 222 Å². The molecule has 0 bridgehead atoms. The summed E-state index contributed by atoms with van der Waals surface area (Å²) < 4.78 is 2.03. The first kappa shape index (κ1) is 24.7. The molecule has 188 valence electrons. The van der Waals surface area contributed by atoms with E-state index in [4.69, 9.17) is 10.7 Å². The van der Waals surface area contributed by atoms with Crippen LogP contribution in [-0.4, -0.2) is 17.0 Å². The maximum absolute atomic E-state index is 13.7. The van der Waals surface area contributed by atoms with E-state index < -0.39 is 0 Å². The molecule has 0 aliphatic heterocycles. The maximum atomic E-state index is 13.7. The van der Waals surface area contributed by atoms with Gasteiger partial charge in [0.15, 0.2) is 4.80 Å². The second-order valence-corrected chi connectivity index (χ2v) is 9.73. The number of fused-ring (bicyclic) bond motifs is 1. The van der Waals surface area contributed by atoms with Gasteiger partial charge in [-0.2, -0.15) is 0 Å². The molecule has 0 atom stereocenters. The third-order valence-electron chi connectivity index (χ3n) is 6.39. The molecule has 37 heavy (non-hydrogen) atoms. The quantitative estimate of drug-likeness (QED) is 0.225. The van der Waals surface area contributed by atoms with Crippen molar-refractivity contribution in [2.45, 2.75) is 25.4 Å². The average molecular weight is 509 g/mol. The van der Waals surface area contributed by atoms with E-state index in [2.05, 4.69) is 23.5 Å². The second-order valence-electron chi connectivity index (χ2n) is 8.89. The van der Waals surface area contributed by atoms with Crippen molar-refractivity contribution in [1.82, 2.24) is 9.88 Å². The maximum Gasteiger partial charge on any atom is 0.269 e. The summed E-state index contributed by atoms with van der Waals surface area (Å²) >= 11 is 1.49. The van der Waals surface area contributed by atoms with Crippen molar-refractivity contribution in [3.8, 4) is 0 Å². The van der Waals surface area contributed by atoms with Gasteiger partial charge in [0.1, 0.15) is 5.69 Å². The van der Waals surface area contributed by atoms with Crippen molar-refractivity contribution in [2.24, 2.45) is 10.7 Å². The fourth-order valence-electron chi connectivity index (χ4n) is 4.50. The van der Waals surface area contributed by atoms with Crippen LogP contribution in [0.4, 0.5) is 5.69 Å². The van der Waals surface area contributed by atoms with Crippen LogP contribution in [0.25, 0.3) is 10.8 Å². The molecule has 3 N–H and O–H groups in total. The lowest BCUT2D eigenvalue weighted by molar-refractivity contribution is 0.0933. The summed E-state index contributed by atoms with van der Waals surface area (Å²) in [5.74, 6) is -0.124. The van der Waals surface area contributed by atoms with E-state index in [9.17, 15) is 4.79 Å². The van der Waals surface area contributed by atoms with Gasteiger partial charge in [-0.3, -0.25) is 4.79 Å². The molecule has 1 heterocycles. The number of amides is 1. The van der Waals surface area contributed by atoms with Crippen molar-refractivity contribution < 1.29 is 6.22 Å². The number of nitrogens with one attached hydrogen (secondary N) is 1. The minimum absolute atomic E-state index is 0. The number of aromatic nitrogens is 1. The summed E-state index contributed by atoms with van der Waals surface area (Å²) in [5.41, 5.74) is 9.35. The molecule has 5 nitrogen and oxygen atoms in total. The number of carbonyl (C=O) groups excluding carboxylic acids is 1. The van der Waals surface area contributed by atoms with E-state index in [0.717, 1.165) is 45.2 Å². The number of nitrogens with two attached hydrogens (primary N) is 1. The number of benzene rings is 4. The van der Waals surface area contributed by atoms with Gasteiger partial charge >= 0.3 is 0 Å². The predicted molar refractivity (Wildman–Crippen MR) is 154 cm³/mol. The van der Waals surface area contributed by atoms with E-state index in [1.54, 1.807) is 0 Å². The highest BCUT2D eigenvalue weighted by Crippen LogP contribution is 2.26. The molecule has 0 saturated heterocycles. The Bertz CT molecular complexity index is 1500. The Morgan fingerprint density at radius 1 is 0.865 bits per heavy atom. The van der Waals surface area contributed by atoms with E-state index in [1.807, 2.05) is 94.9 Å². The summed E-state index contributed by atoms with van der Waals surface area (Å²) in [4.78, 5) is 19.6. The van der Waals surface area contributed by atoms with Gasteiger partial charge in [-0.15, -0.1) is 11.3 Å². The molecule has 1 amide bonds. The highest BCUT2D eigenvalue weighted by atomic mass is 32.1. The Kier molecular flexibility index (Phi) is 7.89. The molecule has 5 rings (SSSR count). The van der Waals surface area contributed by atoms with Crippen LogP contribution >= 0.6 is 11.3 Å². The zero-order chi connectivity index (χ0) is 25.5. The third-order valence-corrected chi connectivity index (χ3v) is 7.25. The topological polar surface area (TPSA) is 72.4 Å². The molecule has 0 aliphatic carbocycles. The Hall–Kier alpha value is -4.00. The molecule has 0 aliphatic rings. The van der Waals surface area contributed by atoms with Gasteiger partial charge in [0.05, 0.1) is 11.7 Å². The number of nitrogens with zero attached hydrogens (tertiary/aromatic N) is 2. The van der Waals surface area contributed by atoms with Crippen molar-refractivity contribution >= 4 is 33.7 Å². The molecular formula is C31H32N4OS. The lowest BCUT2D eigenvalue weighted by Gasteiger charge is -2.20. The summed E-state index contributed by atoms with van der Waals surface area (Å²) in [7, 11) is 0. The van der Waals surface area contributed by atoms with Gasteiger partial charge in [-0.1, -0.05) is 97.1 Å². The lowest BCUT2D eigenvalue weighted by Crippen LogP contribution is -2.32.